The Hall–Kier alpha value is -1.20. The molecule has 1 atom stereocenters. The molecule has 1 fully saturated rings. The Kier molecular flexibility index (Phi) is 3.65. The molecule has 1 aromatic carbocycles. The van der Waals surface area contributed by atoms with E-state index in [0.717, 1.165) is 16.7 Å². The molecule has 106 valence electrons. The molecule has 1 unspecified atom stereocenters. The second-order valence-corrected chi connectivity index (χ2v) is 6.61. The Labute approximate surface area is 126 Å². The molecular formula is C15H17BrN2O2. The van der Waals surface area contributed by atoms with Crippen LogP contribution in [-0.2, 0) is 4.79 Å². The van der Waals surface area contributed by atoms with Gasteiger partial charge in [-0.3, -0.25) is 9.59 Å². The van der Waals surface area contributed by atoms with Gasteiger partial charge in [0, 0.05) is 17.1 Å². The number of ketones is 1. The fraction of sp³-hybridized carbons (Fsp3) is 0.467. The molecule has 2 aliphatic rings. The van der Waals surface area contributed by atoms with Gasteiger partial charge in [0.05, 0.1) is 11.3 Å². The maximum Gasteiger partial charge on any atom is 0.299 e. The Bertz CT molecular complexity index is 569. The summed E-state index contributed by atoms with van der Waals surface area (Å²) in [6.45, 7) is 3.56. The second-order valence-electron chi connectivity index (χ2n) is 5.69. The number of fused-ring (bicyclic) bond motifs is 1. The normalized spacial score (nSPS) is 19.4. The van der Waals surface area contributed by atoms with Gasteiger partial charge in [0.2, 0.25) is 0 Å². The minimum absolute atomic E-state index is 0.317. The largest absolute Gasteiger partial charge is 0.314 e. The van der Waals surface area contributed by atoms with Crippen LogP contribution in [0.15, 0.2) is 22.7 Å². The van der Waals surface area contributed by atoms with Gasteiger partial charge < -0.3 is 10.2 Å². The molecule has 4 nitrogen and oxygen atoms in total. The van der Waals surface area contributed by atoms with E-state index in [2.05, 4.69) is 28.2 Å². The van der Waals surface area contributed by atoms with Gasteiger partial charge >= 0.3 is 0 Å². The van der Waals surface area contributed by atoms with E-state index in [9.17, 15) is 9.59 Å². The summed E-state index contributed by atoms with van der Waals surface area (Å²) in [7, 11) is 0. The van der Waals surface area contributed by atoms with Gasteiger partial charge in [-0.05, 0) is 43.5 Å². The third-order valence-electron chi connectivity index (χ3n) is 3.76. The molecule has 1 N–H and O–H groups in total. The first-order valence-corrected chi connectivity index (χ1v) is 7.74. The topological polar surface area (TPSA) is 49.4 Å². The highest BCUT2D eigenvalue weighted by Gasteiger charge is 2.36. The number of rotatable bonds is 5. The Morgan fingerprint density at radius 2 is 2.15 bits per heavy atom. The van der Waals surface area contributed by atoms with E-state index >= 15 is 0 Å². The first-order chi connectivity index (χ1) is 9.56. The highest BCUT2D eigenvalue weighted by molar-refractivity contribution is 9.10. The summed E-state index contributed by atoms with van der Waals surface area (Å²) in [6.07, 6.45) is 2.51. The third-order valence-corrected chi connectivity index (χ3v) is 4.25. The average Bonchev–Trinajstić information content (AvgIpc) is 3.21. The van der Waals surface area contributed by atoms with Crippen molar-refractivity contribution >= 4 is 33.3 Å². The number of halogens is 1. The first-order valence-electron chi connectivity index (χ1n) is 6.95. The molecule has 20 heavy (non-hydrogen) atoms. The van der Waals surface area contributed by atoms with Crippen LogP contribution < -0.4 is 10.2 Å². The number of amides is 1. The smallest absolute Gasteiger partial charge is 0.299 e. The van der Waals surface area contributed by atoms with Crippen molar-refractivity contribution in [3.63, 3.8) is 0 Å². The summed E-state index contributed by atoms with van der Waals surface area (Å²) in [6, 6.07) is 6.02. The average molecular weight is 337 g/mol. The van der Waals surface area contributed by atoms with Crippen LogP contribution in [0, 0.1) is 5.92 Å². The molecule has 1 aliphatic heterocycles. The number of nitrogens with zero attached hydrogens (tertiary/aromatic N) is 1. The highest BCUT2D eigenvalue weighted by atomic mass is 79.9. The summed E-state index contributed by atoms with van der Waals surface area (Å²) in [5.41, 5.74) is 1.24. The van der Waals surface area contributed by atoms with Crippen LogP contribution in [0.4, 0.5) is 5.69 Å². The molecular weight excluding hydrogens is 320 g/mol. The van der Waals surface area contributed by atoms with Gasteiger partial charge in [-0.25, -0.2) is 0 Å². The maximum absolute atomic E-state index is 12.1. The van der Waals surface area contributed by atoms with Crippen molar-refractivity contribution in [2.45, 2.75) is 25.8 Å². The van der Waals surface area contributed by atoms with Gasteiger partial charge in [-0.1, -0.05) is 22.9 Å². The lowest BCUT2D eigenvalue weighted by Crippen LogP contribution is -2.37. The van der Waals surface area contributed by atoms with Gasteiger partial charge in [-0.15, -0.1) is 0 Å². The molecule has 1 heterocycles. The van der Waals surface area contributed by atoms with E-state index in [0.29, 0.717) is 24.1 Å². The van der Waals surface area contributed by atoms with Crippen molar-refractivity contribution in [3.05, 3.63) is 28.2 Å². The van der Waals surface area contributed by atoms with E-state index in [1.165, 1.54) is 12.8 Å². The van der Waals surface area contributed by atoms with E-state index < -0.39 is 11.7 Å². The van der Waals surface area contributed by atoms with E-state index in [1.54, 1.807) is 17.0 Å². The monoisotopic (exact) mass is 336 g/mol. The molecule has 1 aliphatic carbocycles. The van der Waals surface area contributed by atoms with Crippen LogP contribution in [0.5, 0.6) is 0 Å². The summed E-state index contributed by atoms with van der Waals surface area (Å²) in [4.78, 5) is 25.7. The summed E-state index contributed by atoms with van der Waals surface area (Å²) < 4.78 is 0.882. The van der Waals surface area contributed by atoms with Crippen LogP contribution in [-0.4, -0.2) is 30.8 Å². The number of hydrogen-bond acceptors (Lipinski definition) is 3. The molecule has 1 aromatic rings. The first kappa shape index (κ1) is 13.8. The Morgan fingerprint density at radius 3 is 2.85 bits per heavy atom. The van der Waals surface area contributed by atoms with Crippen LogP contribution in [0.3, 0.4) is 0 Å². The molecule has 0 spiro atoms. The number of anilines is 1. The Morgan fingerprint density at radius 1 is 1.40 bits per heavy atom. The standard InChI is InChI=1S/C15H17BrN2O2/c1-9(7-17-11-3-4-11)8-18-13-6-10(16)2-5-12(13)14(19)15(18)20/h2,5-6,9,11,17H,3-4,7-8H2,1H3. The molecule has 1 amide bonds. The number of Topliss-reactive ketones (excluding diaryl/α,β-unsaturated/α-hetero) is 1. The number of hydrogen-bond donors (Lipinski definition) is 1. The van der Waals surface area contributed by atoms with E-state index in [1.807, 2.05) is 6.07 Å². The van der Waals surface area contributed by atoms with E-state index in [-0.39, 0.29) is 0 Å². The molecule has 5 heteroatoms. The minimum Gasteiger partial charge on any atom is -0.314 e. The van der Waals surface area contributed by atoms with Gasteiger partial charge in [0.15, 0.2) is 0 Å². The lowest BCUT2D eigenvalue weighted by molar-refractivity contribution is -0.114. The minimum atomic E-state index is -0.406. The Balaban J connectivity index is 1.74. The SMILES string of the molecule is CC(CNC1CC1)CN1C(=O)C(=O)c2ccc(Br)cc21. The summed E-state index contributed by atoms with van der Waals surface area (Å²) >= 11 is 3.39. The quantitative estimate of drug-likeness (QED) is 0.840. The molecule has 0 saturated heterocycles. The van der Waals surface area contributed by atoms with Crippen LogP contribution in [0.25, 0.3) is 0 Å². The van der Waals surface area contributed by atoms with E-state index in [4.69, 9.17) is 0 Å². The summed E-state index contributed by atoms with van der Waals surface area (Å²) in [5, 5.41) is 3.46. The van der Waals surface area contributed by atoms with Crippen LogP contribution in [0.1, 0.15) is 30.1 Å². The number of benzene rings is 1. The van der Waals surface area contributed by atoms with Crippen LogP contribution in [0.2, 0.25) is 0 Å². The fourth-order valence-corrected chi connectivity index (χ4v) is 2.83. The summed E-state index contributed by atoms with van der Waals surface area (Å²) in [5.74, 6) is -0.483. The fourth-order valence-electron chi connectivity index (χ4n) is 2.48. The molecule has 0 aromatic heterocycles. The zero-order valence-electron chi connectivity index (χ0n) is 11.4. The highest BCUT2D eigenvalue weighted by Crippen LogP contribution is 2.32. The van der Waals surface area contributed by atoms with Crippen molar-refractivity contribution in [3.8, 4) is 0 Å². The second kappa shape index (κ2) is 5.30. The van der Waals surface area contributed by atoms with Crippen molar-refractivity contribution in [1.82, 2.24) is 5.32 Å². The predicted octanol–water partition coefficient (Wildman–Crippen LogP) is 2.37. The van der Waals surface area contributed by atoms with Crippen LogP contribution >= 0.6 is 15.9 Å². The maximum atomic E-state index is 12.1. The zero-order chi connectivity index (χ0) is 14.3. The number of carbonyl (C=O) groups excluding carboxylic acids is 2. The molecule has 0 bridgehead atoms. The van der Waals surface area contributed by atoms with Gasteiger partial charge in [-0.2, -0.15) is 0 Å². The molecule has 1 saturated carbocycles. The predicted molar refractivity (Wildman–Crippen MR) is 81.0 cm³/mol. The van der Waals surface area contributed by atoms with Crippen molar-refractivity contribution in [2.24, 2.45) is 5.92 Å². The van der Waals surface area contributed by atoms with Gasteiger partial charge in [0.1, 0.15) is 0 Å². The van der Waals surface area contributed by atoms with Gasteiger partial charge in [0.25, 0.3) is 11.7 Å². The zero-order valence-corrected chi connectivity index (χ0v) is 12.9. The lowest BCUT2D eigenvalue weighted by Gasteiger charge is -2.21. The number of carbonyl (C=O) groups is 2. The van der Waals surface area contributed by atoms with Crippen molar-refractivity contribution in [2.75, 3.05) is 18.0 Å². The number of nitrogens with one attached hydrogen (secondary N) is 1. The molecule has 0 radical (unpaired) electrons. The van der Waals surface area contributed by atoms with Crippen molar-refractivity contribution < 1.29 is 9.59 Å². The molecule has 3 rings (SSSR count). The third kappa shape index (κ3) is 2.65. The van der Waals surface area contributed by atoms with Crippen molar-refractivity contribution in [1.29, 1.82) is 0 Å². The lowest BCUT2D eigenvalue weighted by atomic mass is 10.1.